The summed E-state index contributed by atoms with van der Waals surface area (Å²) in [5, 5.41) is 0.625. The second-order valence-corrected chi connectivity index (χ2v) is 5.98. The molecular weight excluding hydrogens is 296 g/mol. The molecule has 1 aliphatic rings. The minimum atomic E-state index is -0.148. The van der Waals surface area contributed by atoms with Gasteiger partial charge in [0.15, 0.2) is 0 Å². The van der Waals surface area contributed by atoms with E-state index in [0.717, 1.165) is 18.8 Å². The van der Waals surface area contributed by atoms with Crippen LogP contribution in [0.4, 0.5) is 5.69 Å². The van der Waals surface area contributed by atoms with Gasteiger partial charge in [0.05, 0.1) is 16.8 Å². The molecule has 1 unspecified atom stereocenters. The van der Waals surface area contributed by atoms with Crippen molar-refractivity contribution in [3.05, 3.63) is 65.2 Å². The van der Waals surface area contributed by atoms with Gasteiger partial charge in [0, 0.05) is 19.6 Å². The van der Waals surface area contributed by atoms with E-state index >= 15 is 0 Å². The van der Waals surface area contributed by atoms with E-state index in [-0.39, 0.29) is 11.9 Å². The summed E-state index contributed by atoms with van der Waals surface area (Å²) in [6.45, 7) is 4.27. The summed E-state index contributed by atoms with van der Waals surface area (Å²) in [4.78, 5) is 16.7. The average Bonchev–Trinajstić information content (AvgIpc) is 2.54. The molecule has 1 saturated heterocycles. The topological polar surface area (TPSA) is 23.6 Å². The summed E-state index contributed by atoms with van der Waals surface area (Å²) >= 11 is 6.23. The first-order valence-corrected chi connectivity index (χ1v) is 7.88. The minimum absolute atomic E-state index is 0.107. The maximum Gasteiger partial charge on any atom is 0.244 e. The van der Waals surface area contributed by atoms with Crippen molar-refractivity contribution in [3.63, 3.8) is 0 Å². The molecule has 22 heavy (non-hydrogen) atoms. The molecule has 1 atom stereocenters. The number of para-hydroxylation sites is 1. The van der Waals surface area contributed by atoms with Crippen LogP contribution in [-0.4, -0.2) is 29.9 Å². The zero-order valence-electron chi connectivity index (χ0n) is 12.6. The molecule has 0 aromatic heterocycles. The summed E-state index contributed by atoms with van der Waals surface area (Å²) < 4.78 is 0. The number of amides is 1. The third-order valence-electron chi connectivity index (χ3n) is 4.15. The molecule has 114 valence electrons. The number of benzene rings is 2. The zero-order chi connectivity index (χ0) is 15.5. The van der Waals surface area contributed by atoms with Gasteiger partial charge in [-0.05, 0) is 24.6 Å². The first kappa shape index (κ1) is 15.1. The number of hydrogen-bond donors (Lipinski definition) is 0. The summed E-state index contributed by atoms with van der Waals surface area (Å²) in [6, 6.07) is 17.6. The molecule has 0 aliphatic carbocycles. The largest absolute Gasteiger partial charge is 0.308 e. The van der Waals surface area contributed by atoms with Crippen LogP contribution in [0.2, 0.25) is 5.02 Å². The van der Waals surface area contributed by atoms with Crippen molar-refractivity contribution in [1.29, 1.82) is 0 Å². The smallest absolute Gasteiger partial charge is 0.244 e. The number of piperazine rings is 1. The number of nitrogens with zero attached hydrogens (tertiary/aromatic N) is 2. The predicted octanol–water partition coefficient (Wildman–Crippen LogP) is 3.58. The van der Waals surface area contributed by atoms with Crippen LogP contribution in [0.1, 0.15) is 12.5 Å². The molecule has 0 spiro atoms. The highest BCUT2D eigenvalue weighted by molar-refractivity contribution is 6.33. The molecule has 0 bridgehead atoms. The Morgan fingerprint density at radius 2 is 1.73 bits per heavy atom. The normalized spacial score (nSPS) is 19.5. The minimum Gasteiger partial charge on any atom is -0.308 e. The zero-order valence-corrected chi connectivity index (χ0v) is 13.3. The lowest BCUT2D eigenvalue weighted by atomic mass is 10.1. The summed E-state index contributed by atoms with van der Waals surface area (Å²) in [6.07, 6.45) is 0. The standard InChI is InChI=1S/C18H19ClN2O/c1-14-18(22)21(17-10-6-5-9-16(17)19)12-11-20(14)13-15-7-3-2-4-8-15/h2-10,14H,11-13H2,1H3. The Bertz CT molecular complexity index is 659. The van der Waals surface area contributed by atoms with E-state index in [0.29, 0.717) is 11.6 Å². The van der Waals surface area contributed by atoms with E-state index in [9.17, 15) is 4.79 Å². The lowest BCUT2D eigenvalue weighted by molar-refractivity contribution is -0.125. The molecule has 2 aromatic carbocycles. The SMILES string of the molecule is CC1C(=O)N(c2ccccc2Cl)CCN1Cc1ccccc1. The van der Waals surface area contributed by atoms with Crippen molar-refractivity contribution in [2.75, 3.05) is 18.0 Å². The summed E-state index contributed by atoms with van der Waals surface area (Å²) in [7, 11) is 0. The summed E-state index contributed by atoms with van der Waals surface area (Å²) in [5.74, 6) is 0.107. The van der Waals surface area contributed by atoms with Gasteiger partial charge in [0.25, 0.3) is 0 Å². The molecule has 0 radical (unpaired) electrons. The Morgan fingerprint density at radius 1 is 1.05 bits per heavy atom. The highest BCUT2D eigenvalue weighted by Gasteiger charge is 2.32. The molecule has 0 N–H and O–H groups in total. The van der Waals surface area contributed by atoms with Gasteiger partial charge in [-0.1, -0.05) is 54.1 Å². The van der Waals surface area contributed by atoms with Gasteiger partial charge in [-0.2, -0.15) is 0 Å². The fourth-order valence-electron chi connectivity index (χ4n) is 2.86. The molecule has 3 nitrogen and oxygen atoms in total. The third-order valence-corrected chi connectivity index (χ3v) is 4.47. The van der Waals surface area contributed by atoms with E-state index in [1.807, 2.05) is 49.4 Å². The second kappa shape index (κ2) is 6.51. The van der Waals surface area contributed by atoms with Crippen molar-refractivity contribution in [2.45, 2.75) is 19.5 Å². The van der Waals surface area contributed by atoms with E-state index < -0.39 is 0 Å². The maximum atomic E-state index is 12.7. The van der Waals surface area contributed by atoms with Crippen LogP contribution < -0.4 is 4.90 Å². The number of hydrogen-bond acceptors (Lipinski definition) is 2. The third kappa shape index (κ3) is 3.01. The van der Waals surface area contributed by atoms with Crippen LogP contribution in [0.25, 0.3) is 0 Å². The van der Waals surface area contributed by atoms with Crippen LogP contribution in [-0.2, 0) is 11.3 Å². The lowest BCUT2D eigenvalue weighted by Gasteiger charge is -2.39. The maximum absolute atomic E-state index is 12.7. The van der Waals surface area contributed by atoms with Crippen molar-refractivity contribution in [3.8, 4) is 0 Å². The molecule has 4 heteroatoms. The first-order valence-electron chi connectivity index (χ1n) is 7.50. The van der Waals surface area contributed by atoms with Gasteiger partial charge in [0.2, 0.25) is 5.91 Å². The molecule has 1 aliphatic heterocycles. The molecule has 3 rings (SSSR count). The fraction of sp³-hybridized carbons (Fsp3) is 0.278. The van der Waals surface area contributed by atoms with Gasteiger partial charge in [-0.3, -0.25) is 9.69 Å². The second-order valence-electron chi connectivity index (χ2n) is 5.57. The number of carbonyl (C=O) groups excluding carboxylic acids is 1. The Kier molecular flexibility index (Phi) is 4.46. The van der Waals surface area contributed by atoms with Gasteiger partial charge < -0.3 is 4.90 Å². The quantitative estimate of drug-likeness (QED) is 0.864. The van der Waals surface area contributed by atoms with Crippen LogP contribution in [0, 0.1) is 0 Å². The van der Waals surface area contributed by atoms with E-state index in [1.54, 1.807) is 4.90 Å². The Morgan fingerprint density at radius 3 is 2.45 bits per heavy atom. The first-order chi connectivity index (χ1) is 10.7. The van der Waals surface area contributed by atoms with Gasteiger partial charge in [-0.15, -0.1) is 0 Å². The van der Waals surface area contributed by atoms with Crippen molar-refractivity contribution in [2.24, 2.45) is 0 Å². The van der Waals surface area contributed by atoms with Gasteiger partial charge in [-0.25, -0.2) is 0 Å². The Balaban J connectivity index is 1.75. The molecule has 1 amide bonds. The summed E-state index contributed by atoms with van der Waals surface area (Å²) in [5.41, 5.74) is 2.04. The number of carbonyl (C=O) groups is 1. The Hall–Kier alpha value is -1.84. The monoisotopic (exact) mass is 314 g/mol. The fourth-order valence-corrected chi connectivity index (χ4v) is 3.10. The Labute approximate surface area is 136 Å². The van der Waals surface area contributed by atoms with Crippen LogP contribution in [0.15, 0.2) is 54.6 Å². The molecule has 1 heterocycles. The predicted molar refractivity (Wildman–Crippen MR) is 90.1 cm³/mol. The lowest BCUT2D eigenvalue weighted by Crippen LogP contribution is -2.55. The van der Waals surface area contributed by atoms with Crippen molar-refractivity contribution in [1.82, 2.24) is 4.90 Å². The highest BCUT2D eigenvalue weighted by Crippen LogP contribution is 2.28. The molecule has 0 saturated carbocycles. The number of rotatable bonds is 3. The highest BCUT2D eigenvalue weighted by atomic mass is 35.5. The van der Waals surface area contributed by atoms with E-state index in [4.69, 9.17) is 11.6 Å². The van der Waals surface area contributed by atoms with Crippen LogP contribution in [0.3, 0.4) is 0 Å². The molecule has 1 fully saturated rings. The molecule has 2 aromatic rings. The van der Waals surface area contributed by atoms with E-state index in [1.165, 1.54) is 5.56 Å². The average molecular weight is 315 g/mol. The number of halogens is 1. The van der Waals surface area contributed by atoms with Crippen LogP contribution >= 0.6 is 11.6 Å². The van der Waals surface area contributed by atoms with Crippen LogP contribution in [0.5, 0.6) is 0 Å². The van der Waals surface area contributed by atoms with Gasteiger partial charge >= 0.3 is 0 Å². The van der Waals surface area contributed by atoms with Crippen molar-refractivity contribution < 1.29 is 4.79 Å². The van der Waals surface area contributed by atoms with Gasteiger partial charge in [0.1, 0.15) is 0 Å². The van der Waals surface area contributed by atoms with E-state index in [2.05, 4.69) is 17.0 Å². The van der Waals surface area contributed by atoms with Crippen molar-refractivity contribution >= 4 is 23.2 Å². The molecular formula is C18H19ClN2O. The number of anilines is 1.